The summed E-state index contributed by atoms with van der Waals surface area (Å²) in [7, 11) is 0. The molecule has 7 heteroatoms. The van der Waals surface area contributed by atoms with Gasteiger partial charge >= 0.3 is 11.4 Å². The van der Waals surface area contributed by atoms with E-state index in [1.165, 1.54) is 0 Å². The summed E-state index contributed by atoms with van der Waals surface area (Å²) in [6.07, 6.45) is 0. The van der Waals surface area contributed by atoms with Gasteiger partial charge in [-0.3, -0.25) is 24.3 Å². The van der Waals surface area contributed by atoms with Crippen LogP contribution >= 0.6 is 0 Å². The van der Waals surface area contributed by atoms with E-state index in [4.69, 9.17) is 0 Å². The molecular formula is C9H12N4O3. The number of H-pyrrole nitrogens is 3. The van der Waals surface area contributed by atoms with Crippen LogP contribution in [0.4, 0.5) is 0 Å². The third-order valence-corrected chi connectivity index (χ3v) is 2.25. The topological polar surface area (TPSA) is 104 Å². The maximum absolute atomic E-state index is 12.0. The summed E-state index contributed by atoms with van der Waals surface area (Å²) in [4.78, 5) is 41.8. The lowest BCUT2D eigenvalue weighted by molar-refractivity contribution is 0.369. The Labute approximate surface area is 89.1 Å². The minimum absolute atomic E-state index is 0.0829. The number of fused-ring (bicyclic) bond motifs is 1. The zero-order valence-corrected chi connectivity index (χ0v) is 9.17. The molecule has 0 aliphatic rings. The summed E-state index contributed by atoms with van der Waals surface area (Å²) >= 11 is 0. The number of rotatable bonds is 0. The molecule has 3 N–H and O–H groups in total. The number of hydrogen-bond donors (Lipinski definition) is 3. The summed E-state index contributed by atoms with van der Waals surface area (Å²) < 4.78 is 1.07. The minimum Gasteiger partial charge on any atom is -0.300 e. The predicted octanol–water partition coefficient (Wildman–Crippen LogP) is -0.539. The number of imidazole rings is 1. The van der Waals surface area contributed by atoms with Crippen LogP contribution in [0.5, 0.6) is 0 Å². The van der Waals surface area contributed by atoms with Gasteiger partial charge in [-0.05, 0) is 20.8 Å². The molecule has 2 heterocycles. The number of aromatic amines is 3. The van der Waals surface area contributed by atoms with Gasteiger partial charge in [0.05, 0.1) is 0 Å². The number of nitrogens with one attached hydrogen (secondary N) is 3. The molecule has 2 aromatic heterocycles. The monoisotopic (exact) mass is 224 g/mol. The average molecular weight is 224 g/mol. The van der Waals surface area contributed by atoms with Crippen molar-refractivity contribution >= 4 is 11.2 Å². The smallest absolute Gasteiger partial charge is 0.300 e. The molecule has 0 saturated carbocycles. The molecule has 0 amide bonds. The zero-order chi connectivity index (χ0) is 12.1. The Kier molecular flexibility index (Phi) is 1.94. The fraction of sp³-hybridized carbons (Fsp3) is 0.444. The molecule has 0 unspecified atom stereocenters. The van der Waals surface area contributed by atoms with Crippen LogP contribution < -0.4 is 16.9 Å². The van der Waals surface area contributed by atoms with Gasteiger partial charge in [0.25, 0.3) is 5.56 Å². The molecule has 0 saturated heterocycles. The quantitative estimate of drug-likeness (QED) is 0.559. The van der Waals surface area contributed by atoms with Gasteiger partial charge < -0.3 is 0 Å². The highest BCUT2D eigenvalue weighted by Gasteiger charge is 2.20. The Morgan fingerprint density at radius 3 is 2.19 bits per heavy atom. The van der Waals surface area contributed by atoms with Gasteiger partial charge in [-0.15, -0.1) is 0 Å². The van der Waals surface area contributed by atoms with Crippen LogP contribution in [-0.4, -0.2) is 19.5 Å². The highest BCUT2D eigenvalue weighted by Crippen LogP contribution is 2.07. The van der Waals surface area contributed by atoms with Crippen LogP contribution in [-0.2, 0) is 5.54 Å². The van der Waals surface area contributed by atoms with E-state index in [9.17, 15) is 14.4 Å². The van der Waals surface area contributed by atoms with E-state index in [1.807, 2.05) is 0 Å². The second-order valence-corrected chi connectivity index (χ2v) is 4.57. The highest BCUT2D eigenvalue weighted by atomic mass is 16.2. The summed E-state index contributed by atoms with van der Waals surface area (Å²) in [5, 5.41) is 0. The second-order valence-electron chi connectivity index (χ2n) is 4.57. The first-order valence-electron chi connectivity index (χ1n) is 4.78. The summed E-state index contributed by atoms with van der Waals surface area (Å²) in [5.74, 6) is 0. The molecule has 0 fully saturated rings. The van der Waals surface area contributed by atoms with E-state index in [-0.39, 0.29) is 11.2 Å². The molecule has 86 valence electrons. The standard InChI is InChI=1S/C9H12N4O3/c1-9(2,3)13-6(14)4-5(12-8(13)16)11-7(15)10-4/h1-3H3,(H,12,16)(H2,10,11,15). The van der Waals surface area contributed by atoms with Crippen LogP contribution in [0, 0.1) is 0 Å². The van der Waals surface area contributed by atoms with Crippen molar-refractivity contribution in [2.75, 3.05) is 0 Å². The first kappa shape index (κ1) is 10.5. The number of aromatic nitrogens is 4. The van der Waals surface area contributed by atoms with Crippen molar-refractivity contribution in [3.05, 3.63) is 31.3 Å². The van der Waals surface area contributed by atoms with Gasteiger partial charge in [-0.1, -0.05) is 0 Å². The average Bonchev–Trinajstić information content (AvgIpc) is 2.43. The Morgan fingerprint density at radius 2 is 1.62 bits per heavy atom. The van der Waals surface area contributed by atoms with Gasteiger partial charge in [0.2, 0.25) is 0 Å². The fourth-order valence-electron chi connectivity index (χ4n) is 1.61. The van der Waals surface area contributed by atoms with Gasteiger partial charge in [0.15, 0.2) is 5.52 Å². The van der Waals surface area contributed by atoms with E-state index >= 15 is 0 Å². The van der Waals surface area contributed by atoms with Gasteiger partial charge in [-0.25, -0.2) is 9.59 Å². The molecule has 0 atom stereocenters. The first-order chi connectivity index (χ1) is 7.30. The van der Waals surface area contributed by atoms with Gasteiger partial charge in [0.1, 0.15) is 5.65 Å². The Morgan fingerprint density at radius 1 is 1.00 bits per heavy atom. The largest absolute Gasteiger partial charge is 0.330 e. The Hall–Kier alpha value is -2.05. The Bertz CT molecular complexity index is 707. The van der Waals surface area contributed by atoms with Crippen molar-refractivity contribution in [2.24, 2.45) is 0 Å². The molecule has 16 heavy (non-hydrogen) atoms. The molecule has 0 aliphatic carbocycles. The highest BCUT2D eigenvalue weighted by molar-refractivity contribution is 5.67. The molecule has 0 spiro atoms. The Balaban J connectivity index is 3.03. The summed E-state index contributed by atoms with van der Waals surface area (Å²) in [6.45, 7) is 5.21. The lowest BCUT2D eigenvalue weighted by Crippen LogP contribution is -2.44. The molecule has 0 aromatic carbocycles. The fourth-order valence-corrected chi connectivity index (χ4v) is 1.61. The second kappa shape index (κ2) is 2.97. The predicted molar refractivity (Wildman–Crippen MR) is 58.8 cm³/mol. The lowest BCUT2D eigenvalue weighted by Gasteiger charge is -2.20. The van der Waals surface area contributed by atoms with Crippen molar-refractivity contribution < 1.29 is 0 Å². The summed E-state index contributed by atoms with van der Waals surface area (Å²) in [5.41, 5.74) is -2.01. The van der Waals surface area contributed by atoms with Gasteiger partial charge in [0, 0.05) is 5.54 Å². The van der Waals surface area contributed by atoms with Crippen LogP contribution in [0.2, 0.25) is 0 Å². The third-order valence-electron chi connectivity index (χ3n) is 2.25. The van der Waals surface area contributed by atoms with Crippen molar-refractivity contribution in [1.29, 1.82) is 0 Å². The van der Waals surface area contributed by atoms with E-state index in [0.717, 1.165) is 4.57 Å². The maximum Gasteiger partial charge on any atom is 0.330 e. The van der Waals surface area contributed by atoms with Crippen molar-refractivity contribution in [3.8, 4) is 0 Å². The van der Waals surface area contributed by atoms with Crippen LogP contribution in [0.25, 0.3) is 11.2 Å². The first-order valence-corrected chi connectivity index (χ1v) is 4.78. The molecule has 2 rings (SSSR count). The van der Waals surface area contributed by atoms with E-state index in [0.29, 0.717) is 0 Å². The molecule has 0 radical (unpaired) electrons. The van der Waals surface area contributed by atoms with Gasteiger partial charge in [-0.2, -0.15) is 0 Å². The summed E-state index contributed by atoms with van der Waals surface area (Å²) in [6, 6.07) is 0. The zero-order valence-electron chi connectivity index (χ0n) is 9.17. The third kappa shape index (κ3) is 1.40. The van der Waals surface area contributed by atoms with E-state index < -0.39 is 22.5 Å². The maximum atomic E-state index is 12.0. The number of nitrogens with zero attached hydrogens (tertiary/aromatic N) is 1. The van der Waals surface area contributed by atoms with Crippen molar-refractivity contribution in [2.45, 2.75) is 26.3 Å². The van der Waals surface area contributed by atoms with E-state index in [2.05, 4.69) is 15.0 Å². The molecule has 2 aromatic rings. The lowest BCUT2D eigenvalue weighted by atomic mass is 10.1. The normalized spacial score (nSPS) is 12.2. The van der Waals surface area contributed by atoms with Crippen molar-refractivity contribution in [1.82, 2.24) is 19.5 Å². The van der Waals surface area contributed by atoms with E-state index in [1.54, 1.807) is 20.8 Å². The van der Waals surface area contributed by atoms with Crippen LogP contribution in [0.3, 0.4) is 0 Å². The van der Waals surface area contributed by atoms with Crippen LogP contribution in [0.15, 0.2) is 14.4 Å². The van der Waals surface area contributed by atoms with Crippen LogP contribution in [0.1, 0.15) is 20.8 Å². The minimum atomic E-state index is -0.646. The molecular weight excluding hydrogens is 212 g/mol. The number of hydrogen-bond acceptors (Lipinski definition) is 3. The molecule has 0 bridgehead atoms. The molecule has 0 aliphatic heterocycles. The molecule has 7 nitrogen and oxygen atoms in total. The SMILES string of the molecule is CC(C)(C)n1c(=O)[nH]c2[nH]c(=O)[nH]c2c1=O. The van der Waals surface area contributed by atoms with Crippen molar-refractivity contribution in [3.63, 3.8) is 0 Å².